The second-order valence-corrected chi connectivity index (χ2v) is 4.28. The minimum absolute atomic E-state index is 0.203. The van der Waals surface area contributed by atoms with Gasteiger partial charge >= 0.3 is 6.18 Å². The molecule has 1 aliphatic rings. The van der Waals surface area contributed by atoms with Crippen molar-refractivity contribution in [3.63, 3.8) is 0 Å². The molecule has 1 aromatic rings. The first-order chi connectivity index (χ1) is 8.30. The number of halogens is 4. The highest BCUT2D eigenvalue weighted by atomic mass is 35.5. The molecule has 0 fully saturated rings. The van der Waals surface area contributed by atoms with Crippen molar-refractivity contribution >= 4 is 17.3 Å². The topological polar surface area (TPSA) is 38.5 Å². The summed E-state index contributed by atoms with van der Waals surface area (Å²) in [5.74, 6) is -0.248. The molecule has 1 aliphatic heterocycles. The summed E-state index contributed by atoms with van der Waals surface area (Å²) in [6.07, 6.45) is -6.56. The van der Waals surface area contributed by atoms with Gasteiger partial charge in [-0.05, 0) is 12.1 Å². The summed E-state index contributed by atoms with van der Waals surface area (Å²) in [7, 11) is 1.28. The zero-order valence-corrected chi connectivity index (χ0v) is 10.1. The molecular formula is C11H10ClF3N2O. The molecule has 98 valence electrons. The molecule has 18 heavy (non-hydrogen) atoms. The molecule has 7 heteroatoms. The zero-order valence-electron chi connectivity index (χ0n) is 9.33. The van der Waals surface area contributed by atoms with E-state index in [0.717, 1.165) is 4.90 Å². The van der Waals surface area contributed by atoms with E-state index >= 15 is 0 Å². The van der Waals surface area contributed by atoms with Crippen molar-refractivity contribution in [1.82, 2.24) is 4.90 Å². The highest BCUT2D eigenvalue weighted by molar-refractivity contribution is 6.30. The van der Waals surface area contributed by atoms with Gasteiger partial charge in [0.15, 0.2) is 0 Å². The van der Waals surface area contributed by atoms with E-state index in [0.29, 0.717) is 10.6 Å². The average molecular weight is 279 g/mol. The molecular weight excluding hydrogens is 269 g/mol. The fourth-order valence-corrected chi connectivity index (χ4v) is 1.91. The normalized spacial score (nSPS) is 20.3. The van der Waals surface area contributed by atoms with Crippen LogP contribution in [0.15, 0.2) is 30.1 Å². The number of hydrogen-bond donors (Lipinski definition) is 1. The van der Waals surface area contributed by atoms with E-state index in [4.69, 9.17) is 17.3 Å². The Bertz CT molecular complexity index is 484. The highest BCUT2D eigenvalue weighted by Crippen LogP contribution is 2.37. The van der Waals surface area contributed by atoms with Crippen LogP contribution in [-0.2, 0) is 4.74 Å². The third kappa shape index (κ3) is 2.20. The van der Waals surface area contributed by atoms with Crippen LogP contribution in [0, 0.1) is 0 Å². The molecule has 1 heterocycles. The Morgan fingerprint density at radius 1 is 1.28 bits per heavy atom. The van der Waals surface area contributed by atoms with E-state index in [2.05, 4.69) is 4.74 Å². The summed E-state index contributed by atoms with van der Waals surface area (Å²) >= 11 is 5.72. The van der Waals surface area contributed by atoms with Crippen LogP contribution in [0.1, 0.15) is 5.56 Å². The Kier molecular flexibility index (Phi) is 3.06. The zero-order chi connectivity index (χ0) is 13.5. The molecule has 1 atom stereocenters. The molecule has 2 rings (SSSR count). The first kappa shape index (κ1) is 12.9. The largest absolute Gasteiger partial charge is 0.445 e. The summed E-state index contributed by atoms with van der Waals surface area (Å²) in [4.78, 5) is 0.957. The number of hydrogen-bond acceptors (Lipinski definition) is 3. The van der Waals surface area contributed by atoms with Crippen molar-refractivity contribution in [2.45, 2.75) is 12.4 Å². The Morgan fingerprint density at radius 2 is 1.83 bits per heavy atom. The number of ether oxygens (including phenoxy) is 1. The lowest BCUT2D eigenvalue weighted by molar-refractivity contribution is -0.233. The summed E-state index contributed by atoms with van der Waals surface area (Å²) in [5.41, 5.74) is 6.23. The standard InChI is InChI=1S/C11H10ClF3N2O/c1-17-8(6-2-4-7(12)5-3-6)9(16)18-10(17)11(13,14)15/h2-5,10H,16H2,1H3. The van der Waals surface area contributed by atoms with Gasteiger partial charge in [0, 0.05) is 17.6 Å². The third-order valence-electron chi connectivity index (χ3n) is 2.57. The highest BCUT2D eigenvalue weighted by Gasteiger charge is 2.49. The number of alkyl halides is 3. The summed E-state index contributed by atoms with van der Waals surface area (Å²) in [5, 5.41) is 0.492. The van der Waals surface area contributed by atoms with Crippen LogP contribution in [0.5, 0.6) is 0 Å². The van der Waals surface area contributed by atoms with E-state index in [-0.39, 0.29) is 11.6 Å². The van der Waals surface area contributed by atoms with Crippen LogP contribution >= 0.6 is 11.6 Å². The third-order valence-corrected chi connectivity index (χ3v) is 2.83. The van der Waals surface area contributed by atoms with Gasteiger partial charge in [0.2, 0.25) is 5.88 Å². The van der Waals surface area contributed by atoms with Gasteiger partial charge in [-0.1, -0.05) is 23.7 Å². The van der Waals surface area contributed by atoms with E-state index < -0.39 is 12.4 Å². The van der Waals surface area contributed by atoms with E-state index in [1.165, 1.54) is 7.05 Å². The molecule has 3 nitrogen and oxygen atoms in total. The van der Waals surface area contributed by atoms with Gasteiger partial charge in [0.25, 0.3) is 6.23 Å². The minimum atomic E-state index is -4.51. The molecule has 0 aliphatic carbocycles. The van der Waals surface area contributed by atoms with Crippen LogP contribution in [0.25, 0.3) is 5.70 Å². The van der Waals surface area contributed by atoms with Crippen molar-refractivity contribution in [3.8, 4) is 0 Å². The van der Waals surface area contributed by atoms with E-state index in [9.17, 15) is 13.2 Å². The maximum atomic E-state index is 12.7. The van der Waals surface area contributed by atoms with Gasteiger partial charge < -0.3 is 15.4 Å². The molecule has 0 radical (unpaired) electrons. The predicted octanol–water partition coefficient (Wildman–Crippen LogP) is 2.78. The lowest BCUT2D eigenvalue weighted by Gasteiger charge is -2.24. The van der Waals surface area contributed by atoms with Crippen LogP contribution in [0.4, 0.5) is 13.2 Å². The van der Waals surface area contributed by atoms with Crippen molar-refractivity contribution in [2.24, 2.45) is 5.73 Å². The maximum absolute atomic E-state index is 12.7. The molecule has 0 aromatic heterocycles. The summed E-state index contributed by atoms with van der Waals surface area (Å²) in [6.45, 7) is 0. The lowest BCUT2D eigenvalue weighted by atomic mass is 10.1. The SMILES string of the molecule is CN1C(c2ccc(Cl)cc2)=C(N)OC1C(F)(F)F. The molecule has 1 aromatic carbocycles. The van der Waals surface area contributed by atoms with Gasteiger partial charge in [-0.2, -0.15) is 13.2 Å². The second kappa shape index (κ2) is 4.28. The molecule has 2 N–H and O–H groups in total. The van der Waals surface area contributed by atoms with Crippen LogP contribution in [0.2, 0.25) is 5.02 Å². The molecule has 0 bridgehead atoms. The van der Waals surface area contributed by atoms with E-state index in [1.54, 1.807) is 24.3 Å². The minimum Gasteiger partial charge on any atom is -0.444 e. The Morgan fingerprint density at radius 3 is 2.28 bits per heavy atom. The second-order valence-electron chi connectivity index (χ2n) is 3.84. The quantitative estimate of drug-likeness (QED) is 0.858. The van der Waals surface area contributed by atoms with Crippen molar-refractivity contribution in [1.29, 1.82) is 0 Å². The van der Waals surface area contributed by atoms with Crippen LogP contribution < -0.4 is 5.73 Å². The first-order valence-corrected chi connectivity index (χ1v) is 5.40. The van der Waals surface area contributed by atoms with Crippen molar-refractivity contribution in [2.75, 3.05) is 7.05 Å². The van der Waals surface area contributed by atoms with Gasteiger partial charge in [-0.15, -0.1) is 0 Å². The molecule has 0 spiro atoms. The van der Waals surface area contributed by atoms with Gasteiger partial charge in [-0.3, -0.25) is 0 Å². The first-order valence-electron chi connectivity index (χ1n) is 5.02. The number of nitrogens with zero attached hydrogens (tertiary/aromatic N) is 1. The number of rotatable bonds is 1. The molecule has 0 saturated heterocycles. The maximum Gasteiger partial charge on any atom is 0.445 e. The Hall–Kier alpha value is -1.56. The average Bonchev–Trinajstić information content (AvgIpc) is 2.56. The fraction of sp³-hybridized carbons (Fsp3) is 0.273. The van der Waals surface area contributed by atoms with Gasteiger partial charge in [0.1, 0.15) is 5.70 Å². The number of benzene rings is 1. The lowest BCUT2D eigenvalue weighted by Crippen LogP contribution is -2.40. The molecule has 0 saturated carbocycles. The van der Waals surface area contributed by atoms with Crippen LogP contribution in [-0.4, -0.2) is 24.4 Å². The van der Waals surface area contributed by atoms with Crippen molar-refractivity contribution < 1.29 is 17.9 Å². The smallest absolute Gasteiger partial charge is 0.444 e. The van der Waals surface area contributed by atoms with Gasteiger partial charge in [0.05, 0.1) is 0 Å². The molecule has 0 amide bonds. The van der Waals surface area contributed by atoms with Gasteiger partial charge in [-0.25, -0.2) is 0 Å². The number of nitrogens with two attached hydrogens (primary N) is 1. The fourth-order valence-electron chi connectivity index (χ4n) is 1.79. The summed E-state index contributed by atoms with van der Waals surface area (Å²) < 4.78 is 42.7. The molecule has 1 unspecified atom stereocenters. The van der Waals surface area contributed by atoms with Crippen LogP contribution in [0.3, 0.4) is 0 Å². The van der Waals surface area contributed by atoms with Crippen molar-refractivity contribution in [3.05, 3.63) is 40.7 Å². The predicted molar refractivity (Wildman–Crippen MR) is 61.3 cm³/mol. The summed E-state index contributed by atoms with van der Waals surface area (Å²) in [6, 6.07) is 6.32. The van der Waals surface area contributed by atoms with E-state index in [1.807, 2.05) is 0 Å². The Labute approximate surface area is 107 Å². The Balaban J connectivity index is 2.34. The monoisotopic (exact) mass is 278 g/mol.